The van der Waals surface area contributed by atoms with E-state index in [1.807, 2.05) is 54.8 Å². The Bertz CT molecular complexity index is 1150. The average molecular weight is 424 g/mol. The lowest BCUT2D eigenvalue weighted by molar-refractivity contribution is 0.617. The fraction of sp³-hybridized carbons (Fsp3) is 0.130. The van der Waals surface area contributed by atoms with E-state index in [1.165, 1.54) is 17.8 Å². The van der Waals surface area contributed by atoms with Gasteiger partial charge in [-0.1, -0.05) is 65.3 Å². The van der Waals surface area contributed by atoms with Gasteiger partial charge in [0, 0.05) is 27.6 Å². The summed E-state index contributed by atoms with van der Waals surface area (Å²) in [5.41, 5.74) is 4.70. The molecule has 6 heteroatoms. The highest BCUT2D eigenvalue weighted by Crippen LogP contribution is 2.32. The van der Waals surface area contributed by atoms with Crippen LogP contribution in [0.25, 0.3) is 17.1 Å². The molecule has 0 atom stereocenters. The number of aromatic nitrogens is 3. The van der Waals surface area contributed by atoms with Crippen LogP contribution in [0.4, 0.5) is 4.39 Å². The maximum atomic E-state index is 14.2. The number of aryl methyl sites for hydroxylation is 2. The zero-order valence-corrected chi connectivity index (χ0v) is 17.6. The summed E-state index contributed by atoms with van der Waals surface area (Å²) in [5, 5.41) is 9.97. The molecule has 1 heterocycles. The van der Waals surface area contributed by atoms with E-state index in [2.05, 4.69) is 22.3 Å². The molecule has 4 rings (SSSR count). The van der Waals surface area contributed by atoms with Crippen LogP contribution in [0.2, 0.25) is 5.02 Å². The first-order chi connectivity index (χ1) is 14.0. The van der Waals surface area contributed by atoms with Gasteiger partial charge in [-0.25, -0.2) is 4.39 Å². The van der Waals surface area contributed by atoms with Gasteiger partial charge in [0.2, 0.25) is 0 Å². The number of halogens is 2. The summed E-state index contributed by atoms with van der Waals surface area (Å²) in [4.78, 5) is 0. The zero-order valence-electron chi connectivity index (χ0n) is 16.1. The van der Waals surface area contributed by atoms with Crippen molar-refractivity contribution in [1.82, 2.24) is 14.8 Å². The molecule has 0 saturated heterocycles. The van der Waals surface area contributed by atoms with E-state index in [-0.39, 0.29) is 5.82 Å². The summed E-state index contributed by atoms with van der Waals surface area (Å²) < 4.78 is 16.2. The van der Waals surface area contributed by atoms with Gasteiger partial charge in [-0.3, -0.25) is 4.57 Å². The van der Waals surface area contributed by atoms with Crippen molar-refractivity contribution >= 4 is 23.4 Å². The second-order valence-corrected chi connectivity index (χ2v) is 8.19. The molecule has 146 valence electrons. The molecular weight excluding hydrogens is 405 g/mol. The Morgan fingerprint density at radius 2 is 1.66 bits per heavy atom. The van der Waals surface area contributed by atoms with Crippen molar-refractivity contribution in [3.63, 3.8) is 0 Å². The fourth-order valence-electron chi connectivity index (χ4n) is 3.14. The van der Waals surface area contributed by atoms with Crippen LogP contribution in [-0.2, 0) is 5.75 Å². The third-order valence-electron chi connectivity index (χ3n) is 4.58. The maximum Gasteiger partial charge on any atom is 0.196 e. The van der Waals surface area contributed by atoms with E-state index in [1.54, 1.807) is 12.1 Å². The smallest absolute Gasteiger partial charge is 0.196 e. The Labute approximate surface area is 178 Å². The van der Waals surface area contributed by atoms with Crippen molar-refractivity contribution in [2.75, 3.05) is 0 Å². The molecule has 0 amide bonds. The zero-order chi connectivity index (χ0) is 20.4. The van der Waals surface area contributed by atoms with Crippen LogP contribution in [0.3, 0.4) is 0 Å². The summed E-state index contributed by atoms with van der Waals surface area (Å²) in [7, 11) is 0. The van der Waals surface area contributed by atoms with Crippen molar-refractivity contribution in [2.45, 2.75) is 24.8 Å². The number of rotatable bonds is 5. The summed E-state index contributed by atoms with van der Waals surface area (Å²) in [6.45, 7) is 4.10. The van der Waals surface area contributed by atoms with Crippen molar-refractivity contribution in [1.29, 1.82) is 0 Å². The molecule has 0 bridgehead atoms. The first kappa shape index (κ1) is 19.7. The third kappa shape index (κ3) is 4.21. The number of hydrogen-bond acceptors (Lipinski definition) is 3. The third-order valence-corrected chi connectivity index (χ3v) is 5.89. The Morgan fingerprint density at radius 1 is 0.931 bits per heavy atom. The molecular formula is C23H19ClFN3S. The monoisotopic (exact) mass is 423 g/mol. The molecule has 29 heavy (non-hydrogen) atoms. The van der Waals surface area contributed by atoms with Crippen LogP contribution in [0.1, 0.15) is 16.7 Å². The minimum atomic E-state index is -0.314. The van der Waals surface area contributed by atoms with E-state index in [0.29, 0.717) is 21.5 Å². The normalized spacial score (nSPS) is 11.0. The Morgan fingerprint density at radius 3 is 2.38 bits per heavy atom. The molecule has 3 nitrogen and oxygen atoms in total. The highest BCUT2D eigenvalue weighted by atomic mass is 35.5. The van der Waals surface area contributed by atoms with Gasteiger partial charge in [0.1, 0.15) is 5.82 Å². The first-order valence-electron chi connectivity index (χ1n) is 9.18. The molecule has 1 aromatic heterocycles. The molecule has 0 saturated carbocycles. The number of benzene rings is 3. The first-order valence-corrected chi connectivity index (χ1v) is 10.5. The molecule has 0 aliphatic heterocycles. The van der Waals surface area contributed by atoms with Crippen LogP contribution in [0.5, 0.6) is 0 Å². The molecule has 3 aromatic carbocycles. The molecule has 0 radical (unpaired) electrons. The molecule has 0 spiro atoms. The lowest BCUT2D eigenvalue weighted by atomic mass is 10.1. The maximum absolute atomic E-state index is 14.2. The van der Waals surface area contributed by atoms with Crippen LogP contribution in [-0.4, -0.2) is 14.8 Å². The molecule has 0 unspecified atom stereocenters. The van der Waals surface area contributed by atoms with Crippen molar-refractivity contribution < 1.29 is 4.39 Å². The van der Waals surface area contributed by atoms with E-state index in [9.17, 15) is 4.39 Å². The van der Waals surface area contributed by atoms with E-state index < -0.39 is 0 Å². The molecule has 0 aliphatic carbocycles. The molecule has 0 aliphatic rings. The van der Waals surface area contributed by atoms with Crippen molar-refractivity contribution in [3.05, 3.63) is 94.3 Å². The van der Waals surface area contributed by atoms with E-state index in [0.717, 1.165) is 28.2 Å². The predicted octanol–water partition coefficient (Wildman–Crippen LogP) is 6.64. The Hall–Kier alpha value is -2.63. The molecule has 0 fully saturated rings. The van der Waals surface area contributed by atoms with Crippen molar-refractivity contribution in [3.8, 4) is 17.1 Å². The minimum Gasteiger partial charge on any atom is -0.270 e. The molecule has 4 aromatic rings. The average Bonchev–Trinajstić information content (AvgIpc) is 3.11. The SMILES string of the molecule is Cc1cccc(-c2nnc(SCc3c(F)cccc3Cl)n2-c2cccc(C)c2)c1. The largest absolute Gasteiger partial charge is 0.270 e. The topological polar surface area (TPSA) is 30.7 Å². The van der Waals surface area contributed by atoms with Gasteiger partial charge in [0.25, 0.3) is 0 Å². The van der Waals surface area contributed by atoms with Crippen LogP contribution in [0.15, 0.2) is 71.9 Å². The van der Waals surface area contributed by atoms with E-state index in [4.69, 9.17) is 11.6 Å². The standard InChI is InChI=1S/C23H19ClFN3S/c1-15-6-3-8-17(12-15)22-26-27-23(28(22)18-9-4-7-16(2)13-18)29-14-19-20(24)10-5-11-21(19)25/h3-13H,14H2,1-2H3. The van der Waals surface area contributed by atoms with Crippen LogP contribution < -0.4 is 0 Å². The van der Waals surface area contributed by atoms with E-state index >= 15 is 0 Å². The predicted molar refractivity (Wildman–Crippen MR) is 117 cm³/mol. The summed E-state index contributed by atoms with van der Waals surface area (Å²) >= 11 is 7.61. The summed E-state index contributed by atoms with van der Waals surface area (Å²) in [5.74, 6) is 0.801. The van der Waals surface area contributed by atoms with Gasteiger partial charge in [0.15, 0.2) is 11.0 Å². The lowest BCUT2D eigenvalue weighted by Crippen LogP contribution is -2.01. The summed E-state index contributed by atoms with van der Waals surface area (Å²) in [6.07, 6.45) is 0. The van der Waals surface area contributed by atoms with Crippen LogP contribution in [0, 0.1) is 19.7 Å². The van der Waals surface area contributed by atoms with Gasteiger partial charge >= 0.3 is 0 Å². The quantitative estimate of drug-likeness (QED) is 0.337. The Balaban J connectivity index is 1.78. The number of hydrogen-bond donors (Lipinski definition) is 0. The lowest BCUT2D eigenvalue weighted by Gasteiger charge is -2.12. The number of nitrogens with zero attached hydrogens (tertiary/aromatic N) is 3. The minimum absolute atomic E-state index is 0.314. The highest BCUT2D eigenvalue weighted by Gasteiger charge is 2.18. The molecule has 0 N–H and O–H groups in total. The van der Waals surface area contributed by atoms with Gasteiger partial charge < -0.3 is 0 Å². The van der Waals surface area contributed by atoms with Crippen molar-refractivity contribution in [2.24, 2.45) is 0 Å². The van der Waals surface area contributed by atoms with Gasteiger partial charge in [-0.05, 0) is 49.7 Å². The highest BCUT2D eigenvalue weighted by molar-refractivity contribution is 7.98. The van der Waals surface area contributed by atoms with Crippen LogP contribution >= 0.6 is 23.4 Å². The van der Waals surface area contributed by atoms with Gasteiger partial charge in [-0.15, -0.1) is 10.2 Å². The second-order valence-electron chi connectivity index (χ2n) is 6.84. The second kappa shape index (κ2) is 8.39. The van der Waals surface area contributed by atoms with Gasteiger partial charge in [0.05, 0.1) is 0 Å². The Kier molecular flexibility index (Phi) is 5.69. The summed E-state index contributed by atoms with van der Waals surface area (Å²) in [6, 6.07) is 21.0. The number of thioether (sulfide) groups is 1. The van der Waals surface area contributed by atoms with Gasteiger partial charge in [-0.2, -0.15) is 0 Å². The fourth-order valence-corrected chi connectivity index (χ4v) is 4.44.